The monoisotopic (exact) mass is 303 g/mol. The van der Waals surface area contributed by atoms with Gasteiger partial charge in [-0.3, -0.25) is 4.57 Å². The number of carbonyl (C=O) groups is 1. The quantitative estimate of drug-likeness (QED) is 0.657. The average Bonchev–Trinajstić information content (AvgIpc) is 2.91. The Labute approximate surface area is 125 Å². The van der Waals surface area contributed by atoms with Crippen LogP contribution >= 0.6 is 0 Å². The summed E-state index contributed by atoms with van der Waals surface area (Å²) in [5.74, 6) is -0.274. The number of para-hydroxylation sites is 1. The molecule has 1 aromatic heterocycles. The smallest absolute Gasteiger partial charge is 0.414 e. The number of hydrogen-bond donors (Lipinski definition) is 2. The molecule has 0 fully saturated rings. The SMILES string of the molecule is O=C(Nc1ccccc1)N[C@@H]1COc2nc([N+](=O)[O-])cn2C1. The van der Waals surface area contributed by atoms with E-state index < -0.39 is 4.92 Å². The van der Waals surface area contributed by atoms with Gasteiger partial charge < -0.3 is 25.5 Å². The molecule has 9 heteroatoms. The summed E-state index contributed by atoms with van der Waals surface area (Å²) in [6.45, 7) is 0.564. The number of carbonyl (C=O) groups excluding carboxylic acids is 1. The molecule has 2 amide bonds. The lowest BCUT2D eigenvalue weighted by molar-refractivity contribution is -0.389. The molecule has 0 radical (unpaired) electrons. The summed E-state index contributed by atoms with van der Waals surface area (Å²) in [4.78, 5) is 25.7. The fraction of sp³-hybridized carbons (Fsp3) is 0.231. The van der Waals surface area contributed by atoms with Crippen LogP contribution in [0.3, 0.4) is 0 Å². The Balaban J connectivity index is 1.60. The van der Waals surface area contributed by atoms with E-state index in [-0.39, 0.29) is 30.5 Å². The third-order valence-corrected chi connectivity index (χ3v) is 3.11. The first-order valence-corrected chi connectivity index (χ1v) is 6.59. The van der Waals surface area contributed by atoms with E-state index in [0.29, 0.717) is 12.2 Å². The van der Waals surface area contributed by atoms with Crippen LogP contribution in [0.5, 0.6) is 6.01 Å². The first-order chi connectivity index (χ1) is 10.6. The van der Waals surface area contributed by atoms with Crippen LogP contribution in [0.15, 0.2) is 36.5 Å². The number of urea groups is 1. The lowest BCUT2D eigenvalue weighted by atomic mass is 10.3. The van der Waals surface area contributed by atoms with Gasteiger partial charge >= 0.3 is 17.9 Å². The van der Waals surface area contributed by atoms with Crippen molar-refractivity contribution in [3.05, 3.63) is 46.6 Å². The zero-order valence-electron chi connectivity index (χ0n) is 11.4. The second-order valence-corrected chi connectivity index (χ2v) is 4.76. The highest BCUT2D eigenvalue weighted by Gasteiger charge is 2.28. The first-order valence-electron chi connectivity index (χ1n) is 6.59. The summed E-state index contributed by atoms with van der Waals surface area (Å²) in [6, 6.07) is 8.55. The molecule has 0 unspecified atom stereocenters. The normalized spacial score (nSPS) is 16.3. The van der Waals surface area contributed by atoms with Crippen molar-refractivity contribution in [2.24, 2.45) is 0 Å². The Kier molecular flexibility index (Phi) is 3.60. The van der Waals surface area contributed by atoms with Crippen molar-refractivity contribution >= 4 is 17.5 Å². The third kappa shape index (κ3) is 2.97. The minimum absolute atomic E-state index is 0.188. The summed E-state index contributed by atoms with van der Waals surface area (Å²) < 4.78 is 6.83. The topological polar surface area (TPSA) is 111 Å². The zero-order valence-corrected chi connectivity index (χ0v) is 11.4. The molecule has 1 aliphatic heterocycles. The van der Waals surface area contributed by atoms with E-state index in [9.17, 15) is 14.9 Å². The second kappa shape index (κ2) is 5.72. The number of benzene rings is 1. The molecule has 22 heavy (non-hydrogen) atoms. The van der Waals surface area contributed by atoms with Crippen LogP contribution in [-0.4, -0.2) is 33.2 Å². The molecule has 1 atom stereocenters. The maximum atomic E-state index is 11.9. The Morgan fingerprint density at radius 1 is 1.41 bits per heavy atom. The highest BCUT2D eigenvalue weighted by molar-refractivity contribution is 5.89. The predicted octanol–water partition coefficient (Wildman–Crippen LogP) is 1.37. The van der Waals surface area contributed by atoms with E-state index in [1.807, 2.05) is 18.2 Å². The van der Waals surface area contributed by atoms with E-state index in [1.165, 1.54) is 10.8 Å². The fourth-order valence-electron chi connectivity index (χ4n) is 2.15. The van der Waals surface area contributed by atoms with Crippen molar-refractivity contribution in [2.75, 3.05) is 11.9 Å². The molecule has 0 spiro atoms. The minimum Gasteiger partial charge on any atom is -0.444 e. The van der Waals surface area contributed by atoms with Crippen molar-refractivity contribution in [3.63, 3.8) is 0 Å². The Morgan fingerprint density at radius 3 is 2.91 bits per heavy atom. The van der Waals surface area contributed by atoms with Gasteiger partial charge in [-0.15, -0.1) is 0 Å². The number of hydrogen-bond acceptors (Lipinski definition) is 5. The average molecular weight is 303 g/mol. The molecular formula is C13H13N5O4. The number of imidazole rings is 1. The summed E-state index contributed by atoms with van der Waals surface area (Å²) >= 11 is 0. The largest absolute Gasteiger partial charge is 0.444 e. The van der Waals surface area contributed by atoms with Crippen LogP contribution in [0.4, 0.5) is 16.3 Å². The van der Waals surface area contributed by atoms with Gasteiger partial charge in [0, 0.05) is 10.7 Å². The zero-order chi connectivity index (χ0) is 15.5. The predicted molar refractivity (Wildman–Crippen MR) is 76.8 cm³/mol. The van der Waals surface area contributed by atoms with Gasteiger partial charge in [0.25, 0.3) is 0 Å². The van der Waals surface area contributed by atoms with Crippen molar-refractivity contribution in [1.82, 2.24) is 14.9 Å². The molecule has 2 N–H and O–H groups in total. The first kappa shape index (κ1) is 13.9. The summed E-state index contributed by atoms with van der Waals surface area (Å²) in [7, 11) is 0. The van der Waals surface area contributed by atoms with E-state index in [1.54, 1.807) is 12.1 Å². The van der Waals surface area contributed by atoms with Gasteiger partial charge in [-0.1, -0.05) is 18.2 Å². The maximum Gasteiger partial charge on any atom is 0.414 e. The number of ether oxygens (including phenoxy) is 1. The maximum absolute atomic E-state index is 11.9. The van der Waals surface area contributed by atoms with Crippen molar-refractivity contribution in [3.8, 4) is 6.01 Å². The van der Waals surface area contributed by atoms with E-state index in [0.717, 1.165) is 0 Å². The lowest BCUT2D eigenvalue weighted by Gasteiger charge is -2.23. The van der Waals surface area contributed by atoms with E-state index >= 15 is 0 Å². The van der Waals surface area contributed by atoms with Gasteiger partial charge in [-0.25, -0.2) is 4.79 Å². The van der Waals surface area contributed by atoms with Crippen molar-refractivity contribution < 1.29 is 14.5 Å². The third-order valence-electron chi connectivity index (χ3n) is 3.11. The molecule has 0 saturated heterocycles. The van der Waals surface area contributed by atoms with Gasteiger partial charge in [-0.2, -0.15) is 0 Å². The highest BCUT2D eigenvalue weighted by atomic mass is 16.6. The molecule has 0 saturated carbocycles. The number of fused-ring (bicyclic) bond motifs is 1. The van der Waals surface area contributed by atoms with E-state index in [4.69, 9.17) is 4.74 Å². The van der Waals surface area contributed by atoms with Crippen LogP contribution in [0.25, 0.3) is 0 Å². The number of nitro groups is 1. The molecule has 3 rings (SSSR count). The van der Waals surface area contributed by atoms with Gasteiger partial charge in [0.1, 0.15) is 12.8 Å². The lowest BCUT2D eigenvalue weighted by Crippen LogP contribution is -2.46. The molecule has 2 heterocycles. The fourth-order valence-corrected chi connectivity index (χ4v) is 2.15. The van der Waals surface area contributed by atoms with Gasteiger partial charge in [0.2, 0.25) is 0 Å². The molecule has 1 aliphatic rings. The Bertz CT molecular complexity index is 700. The summed E-state index contributed by atoms with van der Waals surface area (Å²) in [5.41, 5.74) is 0.677. The van der Waals surface area contributed by atoms with Crippen molar-refractivity contribution in [1.29, 1.82) is 0 Å². The summed E-state index contributed by atoms with van der Waals surface area (Å²) in [6.07, 6.45) is 1.29. The van der Waals surface area contributed by atoms with Crippen molar-refractivity contribution in [2.45, 2.75) is 12.6 Å². The molecule has 1 aromatic carbocycles. The number of nitrogens with zero attached hydrogens (tertiary/aromatic N) is 3. The minimum atomic E-state index is -0.584. The van der Waals surface area contributed by atoms with Crippen LogP contribution < -0.4 is 15.4 Å². The number of amides is 2. The van der Waals surface area contributed by atoms with Gasteiger partial charge in [0.15, 0.2) is 0 Å². The molecule has 9 nitrogen and oxygen atoms in total. The number of nitrogens with one attached hydrogen (secondary N) is 2. The van der Waals surface area contributed by atoms with Gasteiger partial charge in [-0.05, 0) is 17.1 Å². The van der Waals surface area contributed by atoms with Crippen LogP contribution in [0.1, 0.15) is 0 Å². The number of anilines is 1. The Hall–Kier alpha value is -3.10. The molecular weight excluding hydrogens is 290 g/mol. The molecule has 0 bridgehead atoms. The highest BCUT2D eigenvalue weighted by Crippen LogP contribution is 2.21. The van der Waals surface area contributed by atoms with Gasteiger partial charge in [0.05, 0.1) is 12.6 Å². The number of rotatable bonds is 3. The Morgan fingerprint density at radius 2 is 2.18 bits per heavy atom. The van der Waals surface area contributed by atoms with Crippen LogP contribution in [0, 0.1) is 10.1 Å². The molecule has 2 aromatic rings. The standard InChI is InChI=1S/C13H13N5O4/c19-12(14-9-4-2-1-3-5-9)15-10-6-17-7-11(18(20)21)16-13(17)22-8-10/h1-5,7,10H,6,8H2,(H2,14,15,19)/t10-/m0/s1. The summed E-state index contributed by atoms with van der Waals surface area (Å²) in [5, 5.41) is 16.1. The molecule has 114 valence electrons. The van der Waals surface area contributed by atoms with Crippen LogP contribution in [-0.2, 0) is 6.54 Å². The number of aromatic nitrogens is 2. The second-order valence-electron chi connectivity index (χ2n) is 4.76. The molecule has 0 aliphatic carbocycles. The van der Waals surface area contributed by atoms with E-state index in [2.05, 4.69) is 15.6 Å². The van der Waals surface area contributed by atoms with Crippen LogP contribution in [0.2, 0.25) is 0 Å².